The van der Waals surface area contributed by atoms with E-state index in [2.05, 4.69) is 28.6 Å². The lowest BCUT2D eigenvalue weighted by Crippen LogP contribution is -2.18. The molecule has 6 nitrogen and oxygen atoms in total. The zero-order valence-electron chi connectivity index (χ0n) is 17.3. The van der Waals surface area contributed by atoms with E-state index < -0.39 is 5.97 Å². The van der Waals surface area contributed by atoms with Crippen molar-refractivity contribution in [3.63, 3.8) is 0 Å². The second-order valence-corrected chi connectivity index (χ2v) is 7.34. The Bertz CT molecular complexity index is 742. The smallest absolute Gasteiger partial charge is 0.303 e. The molecule has 1 heterocycles. The van der Waals surface area contributed by atoms with Crippen molar-refractivity contribution in [2.24, 2.45) is 5.90 Å². The third-order valence-electron chi connectivity index (χ3n) is 5.15. The molecule has 1 aromatic heterocycles. The summed E-state index contributed by atoms with van der Waals surface area (Å²) in [6.45, 7) is 2.20. The van der Waals surface area contributed by atoms with E-state index in [-0.39, 0.29) is 12.5 Å². The van der Waals surface area contributed by atoms with Crippen LogP contribution >= 0.6 is 0 Å². The molecule has 6 heteroatoms. The molecule has 2 rings (SSSR count). The number of carboxylic acids is 1. The summed E-state index contributed by atoms with van der Waals surface area (Å²) in [7, 11) is 0. The molecule has 0 spiro atoms. The Morgan fingerprint density at radius 1 is 1.14 bits per heavy atom. The molecule has 0 saturated heterocycles. The van der Waals surface area contributed by atoms with Crippen LogP contribution in [0.3, 0.4) is 0 Å². The number of unbranched alkanes of at least 4 members (excludes halogenated alkanes) is 3. The van der Waals surface area contributed by atoms with E-state index in [0.717, 1.165) is 31.3 Å². The van der Waals surface area contributed by atoms with Crippen LogP contribution in [-0.2, 0) is 16.1 Å². The van der Waals surface area contributed by atoms with Gasteiger partial charge in [0.2, 0.25) is 0 Å². The molecule has 29 heavy (non-hydrogen) atoms. The number of benzene rings is 1. The molecule has 0 saturated carbocycles. The average Bonchev–Trinajstić information content (AvgIpc) is 3.26. The fourth-order valence-electron chi connectivity index (χ4n) is 3.63. The second kappa shape index (κ2) is 12.8. The molecule has 1 atom stereocenters. The molecule has 0 fully saturated rings. The van der Waals surface area contributed by atoms with Crippen molar-refractivity contribution in [3.05, 3.63) is 65.9 Å². The van der Waals surface area contributed by atoms with Crippen LogP contribution < -0.4 is 5.90 Å². The maximum Gasteiger partial charge on any atom is 0.303 e. The Labute approximate surface area is 173 Å². The minimum absolute atomic E-state index is 0.0323. The van der Waals surface area contributed by atoms with Crippen LogP contribution in [0, 0.1) is 0 Å². The van der Waals surface area contributed by atoms with Gasteiger partial charge in [0.15, 0.2) is 0 Å². The van der Waals surface area contributed by atoms with Crippen LogP contribution in [0.5, 0.6) is 0 Å². The fourth-order valence-corrected chi connectivity index (χ4v) is 3.63. The van der Waals surface area contributed by atoms with Gasteiger partial charge in [-0.15, -0.1) is 0 Å². The standard InChI is InChI=1S/C23H33N3O3/c1-2-3-4-8-12-20(22(29-24)13-9-14-23(27)28)21(26-16-15-25-18-26)17-19-10-6-5-7-11-19/h5-7,10-11,15-16,18,21H,2-4,8-9,12-14,17,24H2,1H3,(H,27,28)/b22-20-. The maximum absolute atomic E-state index is 10.9. The van der Waals surface area contributed by atoms with E-state index in [4.69, 9.17) is 15.8 Å². The highest BCUT2D eigenvalue weighted by molar-refractivity contribution is 5.66. The van der Waals surface area contributed by atoms with Gasteiger partial charge in [-0.05, 0) is 36.8 Å². The van der Waals surface area contributed by atoms with Crippen molar-refractivity contribution in [2.75, 3.05) is 0 Å². The van der Waals surface area contributed by atoms with Crippen molar-refractivity contribution >= 4 is 5.97 Å². The van der Waals surface area contributed by atoms with E-state index in [0.29, 0.717) is 18.6 Å². The molecule has 0 aliphatic rings. The van der Waals surface area contributed by atoms with E-state index in [1.165, 1.54) is 18.4 Å². The Kier molecular flexibility index (Phi) is 10.00. The number of imidazole rings is 1. The summed E-state index contributed by atoms with van der Waals surface area (Å²) >= 11 is 0. The molecule has 0 radical (unpaired) electrons. The molecular formula is C23H33N3O3. The number of nitrogens with zero attached hydrogens (tertiary/aromatic N) is 2. The van der Waals surface area contributed by atoms with E-state index in [1.807, 2.05) is 30.7 Å². The zero-order valence-corrected chi connectivity index (χ0v) is 17.3. The molecule has 0 bridgehead atoms. The van der Waals surface area contributed by atoms with Crippen molar-refractivity contribution in [1.29, 1.82) is 0 Å². The van der Waals surface area contributed by atoms with Gasteiger partial charge in [0.1, 0.15) is 5.76 Å². The number of carboxylic acid groups (broad SMARTS) is 1. The van der Waals surface area contributed by atoms with E-state index in [9.17, 15) is 4.79 Å². The first kappa shape index (κ1) is 22.7. The summed E-state index contributed by atoms with van der Waals surface area (Å²) in [6.07, 6.45) is 12.9. The summed E-state index contributed by atoms with van der Waals surface area (Å²) in [5.41, 5.74) is 2.36. The van der Waals surface area contributed by atoms with Gasteiger partial charge < -0.3 is 14.5 Å². The highest BCUT2D eigenvalue weighted by atomic mass is 16.6. The Morgan fingerprint density at radius 3 is 2.55 bits per heavy atom. The Hall–Kier alpha value is -2.60. The van der Waals surface area contributed by atoms with E-state index >= 15 is 0 Å². The summed E-state index contributed by atoms with van der Waals surface area (Å²) in [5.74, 6) is 5.58. The number of nitrogens with two attached hydrogens (primary N) is 1. The molecule has 0 aliphatic heterocycles. The van der Waals surface area contributed by atoms with Crippen LogP contribution in [-0.4, -0.2) is 20.6 Å². The van der Waals surface area contributed by atoms with Crippen LogP contribution in [0.4, 0.5) is 0 Å². The first-order chi connectivity index (χ1) is 14.2. The van der Waals surface area contributed by atoms with Gasteiger partial charge >= 0.3 is 5.97 Å². The van der Waals surface area contributed by atoms with Crippen LogP contribution in [0.15, 0.2) is 60.4 Å². The minimum Gasteiger partial charge on any atom is -0.481 e. The largest absolute Gasteiger partial charge is 0.481 e. The fraction of sp³-hybridized carbons (Fsp3) is 0.478. The molecule has 3 N–H and O–H groups in total. The number of hydrogen-bond donors (Lipinski definition) is 2. The number of aromatic nitrogens is 2. The summed E-state index contributed by atoms with van der Waals surface area (Å²) < 4.78 is 2.10. The van der Waals surface area contributed by atoms with E-state index in [1.54, 1.807) is 6.20 Å². The topological polar surface area (TPSA) is 90.4 Å². The number of allylic oxidation sites excluding steroid dienone is 2. The minimum atomic E-state index is -0.804. The van der Waals surface area contributed by atoms with Crippen molar-refractivity contribution in [1.82, 2.24) is 9.55 Å². The SMILES string of the molecule is CCCCCC/C(=C(\CCCC(=O)O)ON)C(Cc1ccccc1)n1ccnc1. The molecule has 1 aromatic carbocycles. The third-order valence-corrected chi connectivity index (χ3v) is 5.15. The lowest BCUT2D eigenvalue weighted by Gasteiger charge is -2.25. The lowest BCUT2D eigenvalue weighted by molar-refractivity contribution is -0.137. The monoisotopic (exact) mass is 399 g/mol. The van der Waals surface area contributed by atoms with Crippen LogP contribution in [0.2, 0.25) is 0 Å². The van der Waals surface area contributed by atoms with Gasteiger partial charge in [-0.2, -0.15) is 5.90 Å². The Morgan fingerprint density at radius 2 is 1.93 bits per heavy atom. The summed E-state index contributed by atoms with van der Waals surface area (Å²) in [5, 5.41) is 8.99. The summed E-state index contributed by atoms with van der Waals surface area (Å²) in [4.78, 5) is 20.5. The van der Waals surface area contributed by atoms with Gasteiger partial charge in [0.25, 0.3) is 0 Å². The van der Waals surface area contributed by atoms with Crippen molar-refractivity contribution < 1.29 is 14.7 Å². The van der Waals surface area contributed by atoms with Crippen LogP contribution in [0.25, 0.3) is 0 Å². The van der Waals surface area contributed by atoms with Gasteiger partial charge in [0.05, 0.1) is 12.4 Å². The molecule has 0 aliphatic carbocycles. The predicted molar refractivity (Wildman–Crippen MR) is 114 cm³/mol. The molecule has 158 valence electrons. The Balaban J connectivity index is 2.33. The van der Waals surface area contributed by atoms with Crippen molar-refractivity contribution in [2.45, 2.75) is 70.8 Å². The number of carbonyl (C=O) groups is 1. The maximum atomic E-state index is 10.9. The number of rotatable bonds is 14. The molecule has 0 amide bonds. The quantitative estimate of drug-likeness (QED) is 0.264. The lowest BCUT2D eigenvalue weighted by atomic mass is 9.92. The van der Waals surface area contributed by atoms with Gasteiger partial charge in [-0.3, -0.25) is 4.79 Å². The number of aliphatic carboxylic acids is 1. The third kappa shape index (κ3) is 7.74. The van der Waals surface area contributed by atoms with Gasteiger partial charge in [0, 0.05) is 25.2 Å². The number of hydrogen-bond acceptors (Lipinski definition) is 4. The second-order valence-electron chi connectivity index (χ2n) is 7.34. The highest BCUT2D eigenvalue weighted by Gasteiger charge is 2.22. The first-order valence-electron chi connectivity index (χ1n) is 10.5. The van der Waals surface area contributed by atoms with Crippen molar-refractivity contribution in [3.8, 4) is 0 Å². The predicted octanol–water partition coefficient (Wildman–Crippen LogP) is 5.04. The highest BCUT2D eigenvalue weighted by Crippen LogP contribution is 2.31. The first-order valence-corrected chi connectivity index (χ1v) is 10.5. The zero-order chi connectivity index (χ0) is 20.9. The molecular weight excluding hydrogens is 366 g/mol. The summed E-state index contributed by atoms with van der Waals surface area (Å²) in [6, 6.07) is 10.4. The van der Waals surface area contributed by atoms with Gasteiger partial charge in [-0.1, -0.05) is 56.5 Å². The normalized spacial score (nSPS) is 13.0. The van der Waals surface area contributed by atoms with Crippen LogP contribution in [0.1, 0.15) is 69.9 Å². The average molecular weight is 400 g/mol. The van der Waals surface area contributed by atoms with Gasteiger partial charge in [-0.25, -0.2) is 4.98 Å². The molecule has 2 aromatic rings. The molecule has 1 unspecified atom stereocenters.